The first-order valence-corrected chi connectivity index (χ1v) is 8.48. The summed E-state index contributed by atoms with van der Waals surface area (Å²) in [7, 11) is 1.53. The molecule has 0 unspecified atom stereocenters. The van der Waals surface area contributed by atoms with Gasteiger partial charge in [0.2, 0.25) is 0 Å². The first-order chi connectivity index (χ1) is 12.2. The predicted molar refractivity (Wildman–Crippen MR) is 101 cm³/mol. The van der Waals surface area contributed by atoms with Crippen LogP contribution in [0.1, 0.15) is 54.7 Å². The summed E-state index contributed by atoms with van der Waals surface area (Å²) in [6.07, 6.45) is -0.190. The number of methoxy groups -OCH3 is 1. The molecular formula is C21H25NO4. The van der Waals surface area contributed by atoms with Crippen molar-refractivity contribution in [2.24, 2.45) is 0 Å². The number of carboxylic acid groups (broad SMARTS) is 1. The van der Waals surface area contributed by atoms with E-state index in [0.717, 1.165) is 11.1 Å². The van der Waals surface area contributed by atoms with Crippen molar-refractivity contribution in [1.29, 1.82) is 0 Å². The standard InChI is InChI=1S/C21H25NO4/c1-21(2,3)16-10-8-14(9-11-16)18(13-19(23)24)22-20(25)15-6-5-7-17(12-15)26-4/h5-12,18H,13H2,1-4H3,(H,22,25)(H,23,24)/t18-/m1/s1. The lowest BCUT2D eigenvalue weighted by atomic mass is 9.86. The molecule has 0 aliphatic heterocycles. The van der Waals surface area contributed by atoms with Crippen LogP contribution in [0.3, 0.4) is 0 Å². The molecule has 0 aromatic heterocycles. The van der Waals surface area contributed by atoms with Crippen molar-refractivity contribution in [3.63, 3.8) is 0 Å². The van der Waals surface area contributed by atoms with E-state index in [4.69, 9.17) is 4.74 Å². The van der Waals surface area contributed by atoms with Crippen molar-refractivity contribution in [2.75, 3.05) is 7.11 Å². The van der Waals surface area contributed by atoms with Gasteiger partial charge in [0.05, 0.1) is 19.6 Å². The molecule has 0 aliphatic carbocycles. The lowest BCUT2D eigenvalue weighted by Crippen LogP contribution is -2.30. The number of rotatable bonds is 6. The van der Waals surface area contributed by atoms with Gasteiger partial charge in [-0.25, -0.2) is 0 Å². The van der Waals surface area contributed by atoms with E-state index >= 15 is 0 Å². The molecule has 2 aromatic rings. The van der Waals surface area contributed by atoms with E-state index in [0.29, 0.717) is 11.3 Å². The third kappa shape index (κ3) is 5.09. The largest absolute Gasteiger partial charge is 0.497 e. The van der Waals surface area contributed by atoms with E-state index in [2.05, 4.69) is 26.1 Å². The van der Waals surface area contributed by atoms with Gasteiger partial charge in [-0.3, -0.25) is 9.59 Å². The predicted octanol–water partition coefficient (Wildman–Crippen LogP) is 3.94. The lowest BCUT2D eigenvalue weighted by Gasteiger charge is -2.22. The number of aliphatic carboxylic acids is 1. The Balaban J connectivity index is 2.24. The van der Waals surface area contributed by atoms with Crippen LogP contribution in [-0.2, 0) is 10.2 Å². The second-order valence-electron chi connectivity index (χ2n) is 7.23. The molecule has 5 heteroatoms. The zero-order chi connectivity index (χ0) is 19.3. The number of ether oxygens (including phenoxy) is 1. The highest BCUT2D eigenvalue weighted by atomic mass is 16.5. The Hall–Kier alpha value is -2.82. The van der Waals surface area contributed by atoms with Gasteiger partial charge in [-0.2, -0.15) is 0 Å². The summed E-state index contributed by atoms with van der Waals surface area (Å²) in [5.41, 5.74) is 2.34. The molecule has 0 aliphatic rings. The fourth-order valence-electron chi connectivity index (χ4n) is 2.65. The van der Waals surface area contributed by atoms with E-state index in [-0.39, 0.29) is 17.7 Å². The van der Waals surface area contributed by atoms with Crippen LogP contribution in [0.5, 0.6) is 5.75 Å². The second-order valence-corrected chi connectivity index (χ2v) is 7.23. The molecule has 2 rings (SSSR count). The van der Waals surface area contributed by atoms with Gasteiger partial charge in [-0.15, -0.1) is 0 Å². The minimum atomic E-state index is -0.971. The van der Waals surface area contributed by atoms with Crippen LogP contribution in [0.4, 0.5) is 0 Å². The highest BCUT2D eigenvalue weighted by Crippen LogP contribution is 2.25. The molecule has 1 amide bonds. The monoisotopic (exact) mass is 355 g/mol. The number of carbonyl (C=O) groups is 2. The number of hydrogen-bond acceptors (Lipinski definition) is 3. The maximum Gasteiger partial charge on any atom is 0.305 e. The minimum absolute atomic E-state index is 0.00463. The van der Waals surface area contributed by atoms with Crippen LogP contribution in [0.15, 0.2) is 48.5 Å². The molecule has 5 nitrogen and oxygen atoms in total. The fourth-order valence-corrected chi connectivity index (χ4v) is 2.65. The summed E-state index contributed by atoms with van der Waals surface area (Å²) in [5.74, 6) is -0.738. The van der Waals surface area contributed by atoms with E-state index in [1.807, 2.05) is 24.3 Å². The first kappa shape index (κ1) is 19.5. The normalized spacial score (nSPS) is 12.3. The average molecular weight is 355 g/mol. The second kappa shape index (κ2) is 8.04. The Bertz CT molecular complexity index is 775. The smallest absolute Gasteiger partial charge is 0.305 e. The molecule has 138 valence electrons. The molecule has 2 aromatic carbocycles. The molecule has 0 fully saturated rings. The molecule has 1 atom stereocenters. The Labute approximate surface area is 154 Å². The van der Waals surface area contributed by atoms with Crippen LogP contribution >= 0.6 is 0 Å². The number of hydrogen-bond donors (Lipinski definition) is 2. The van der Waals surface area contributed by atoms with E-state index in [1.165, 1.54) is 7.11 Å². The van der Waals surface area contributed by atoms with Gasteiger partial charge < -0.3 is 15.2 Å². The summed E-state index contributed by atoms with van der Waals surface area (Å²) in [6.45, 7) is 6.34. The number of carbonyl (C=O) groups excluding carboxylic acids is 1. The Morgan fingerprint density at radius 3 is 2.31 bits per heavy atom. The van der Waals surface area contributed by atoms with Gasteiger partial charge in [0.1, 0.15) is 5.75 Å². The third-order valence-corrected chi connectivity index (χ3v) is 4.20. The average Bonchev–Trinajstić information content (AvgIpc) is 2.60. The Morgan fingerprint density at radius 1 is 1.12 bits per heavy atom. The summed E-state index contributed by atoms with van der Waals surface area (Å²) in [4.78, 5) is 23.8. The van der Waals surface area contributed by atoms with Crippen molar-refractivity contribution >= 4 is 11.9 Å². The van der Waals surface area contributed by atoms with Crippen LogP contribution in [-0.4, -0.2) is 24.1 Å². The molecular weight excluding hydrogens is 330 g/mol. The van der Waals surface area contributed by atoms with E-state index in [1.54, 1.807) is 24.3 Å². The molecule has 0 bridgehead atoms. The maximum atomic E-state index is 12.5. The van der Waals surface area contributed by atoms with Gasteiger partial charge in [0.15, 0.2) is 0 Å². The van der Waals surface area contributed by atoms with Crippen molar-refractivity contribution in [2.45, 2.75) is 38.6 Å². The van der Waals surface area contributed by atoms with Crippen LogP contribution in [0.25, 0.3) is 0 Å². The van der Waals surface area contributed by atoms with Gasteiger partial charge in [-0.1, -0.05) is 51.1 Å². The Kier molecular flexibility index (Phi) is 6.03. The van der Waals surface area contributed by atoms with Crippen molar-refractivity contribution in [1.82, 2.24) is 5.32 Å². The number of carboxylic acids is 1. The highest BCUT2D eigenvalue weighted by Gasteiger charge is 2.20. The lowest BCUT2D eigenvalue weighted by molar-refractivity contribution is -0.137. The topological polar surface area (TPSA) is 75.6 Å². The summed E-state index contributed by atoms with van der Waals surface area (Å²) >= 11 is 0. The third-order valence-electron chi connectivity index (χ3n) is 4.20. The molecule has 0 saturated carbocycles. The van der Waals surface area contributed by atoms with Gasteiger partial charge in [-0.05, 0) is 34.7 Å². The van der Waals surface area contributed by atoms with Gasteiger partial charge >= 0.3 is 5.97 Å². The van der Waals surface area contributed by atoms with Gasteiger partial charge in [0.25, 0.3) is 5.91 Å². The summed E-state index contributed by atoms with van der Waals surface area (Å²) in [6, 6.07) is 13.8. The van der Waals surface area contributed by atoms with Crippen LogP contribution < -0.4 is 10.1 Å². The molecule has 0 radical (unpaired) electrons. The van der Waals surface area contributed by atoms with E-state index < -0.39 is 12.0 Å². The zero-order valence-electron chi connectivity index (χ0n) is 15.6. The van der Waals surface area contributed by atoms with Crippen molar-refractivity contribution in [3.8, 4) is 5.75 Å². The van der Waals surface area contributed by atoms with Crippen molar-refractivity contribution in [3.05, 3.63) is 65.2 Å². The summed E-state index contributed by atoms with van der Waals surface area (Å²) in [5, 5.41) is 12.0. The zero-order valence-corrected chi connectivity index (χ0v) is 15.6. The molecule has 0 spiro atoms. The molecule has 0 saturated heterocycles. The van der Waals surface area contributed by atoms with E-state index in [9.17, 15) is 14.7 Å². The molecule has 0 heterocycles. The number of nitrogens with one attached hydrogen (secondary N) is 1. The minimum Gasteiger partial charge on any atom is -0.497 e. The number of benzene rings is 2. The van der Waals surface area contributed by atoms with Crippen LogP contribution in [0.2, 0.25) is 0 Å². The first-order valence-electron chi connectivity index (χ1n) is 8.48. The number of amides is 1. The SMILES string of the molecule is COc1cccc(C(=O)N[C@H](CC(=O)O)c2ccc(C(C)(C)C)cc2)c1. The fraction of sp³-hybridized carbons (Fsp3) is 0.333. The quantitative estimate of drug-likeness (QED) is 0.823. The maximum absolute atomic E-state index is 12.5. The summed E-state index contributed by atoms with van der Waals surface area (Å²) < 4.78 is 5.13. The highest BCUT2D eigenvalue weighted by molar-refractivity contribution is 5.95. The Morgan fingerprint density at radius 2 is 1.77 bits per heavy atom. The van der Waals surface area contributed by atoms with Crippen LogP contribution in [0, 0.1) is 0 Å². The molecule has 2 N–H and O–H groups in total. The molecule has 26 heavy (non-hydrogen) atoms. The van der Waals surface area contributed by atoms with Gasteiger partial charge in [0, 0.05) is 5.56 Å². The van der Waals surface area contributed by atoms with Crippen molar-refractivity contribution < 1.29 is 19.4 Å².